The Kier molecular flexibility index (Phi) is 1.96. The van der Waals surface area contributed by atoms with Gasteiger partial charge in [0.15, 0.2) is 11.5 Å². The van der Waals surface area contributed by atoms with Gasteiger partial charge in [0.05, 0.1) is 11.9 Å². The number of allylic oxidation sites excluding steroid dienone is 1. The molecule has 5 heteroatoms. The zero-order chi connectivity index (χ0) is 11.1. The SMILES string of the molecule is C=CC(C)(C)n1cnc2c(N)ncnc21. The summed E-state index contributed by atoms with van der Waals surface area (Å²) in [6.07, 6.45) is 4.98. The molecule has 0 saturated heterocycles. The summed E-state index contributed by atoms with van der Waals surface area (Å²) in [5, 5.41) is 0. The Hall–Kier alpha value is -1.91. The maximum absolute atomic E-state index is 5.70. The van der Waals surface area contributed by atoms with Gasteiger partial charge in [-0.05, 0) is 13.8 Å². The van der Waals surface area contributed by atoms with E-state index in [1.165, 1.54) is 6.33 Å². The molecule has 0 saturated carbocycles. The molecule has 0 bridgehead atoms. The van der Waals surface area contributed by atoms with Crippen LogP contribution in [0.15, 0.2) is 25.3 Å². The maximum atomic E-state index is 5.70. The predicted molar refractivity (Wildman–Crippen MR) is 59.3 cm³/mol. The van der Waals surface area contributed by atoms with Crippen molar-refractivity contribution in [3.63, 3.8) is 0 Å². The molecule has 5 nitrogen and oxygen atoms in total. The second kappa shape index (κ2) is 3.05. The topological polar surface area (TPSA) is 69.6 Å². The number of nitrogens with two attached hydrogens (primary N) is 1. The molecule has 2 aromatic rings. The van der Waals surface area contributed by atoms with Crippen molar-refractivity contribution in [3.05, 3.63) is 25.3 Å². The molecule has 0 amide bonds. The van der Waals surface area contributed by atoms with Crippen LogP contribution >= 0.6 is 0 Å². The Morgan fingerprint density at radius 3 is 2.80 bits per heavy atom. The Bertz CT molecular complexity index is 512. The third-order valence-electron chi connectivity index (χ3n) is 2.48. The van der Waals surface area contributed by atoms with Gasteiger partial charge >= 0.3 is 0 Å². The lowest BCUT2D eigenvalue weighted by molar-refractivity contribution is 0.466. The van der Waals surface area contributed by atoms with E-state index in [9.17, 15) is 0 Å². The third kappa shape index (κ3) is 1.36. The third-order valence-corrected chi connectivity index (χ3v) is 2.48. The summed E-state index contributed by atoms with van der Waals surface area (Å²) in [4.78, 5) is 12.3. The van der Waals surface area contributed by atoms with Crippen molar-refractivity contribution < 1.29 is 0 Å². The minimum absolute atomic E-state index is 0.241. The van der Waals surface area contributed by atoms with Crippen LogP contribution in [0.2, 0.25) is 0 Å². The molecule has 0 aliphatic rings. The van der Waals surface area contributed by atoms with Crippen molar-refractivity contribution in [2.24, 2.45) is 0 Å². The second-order valence-electron chi connectivity index (χ2n) is 3.90. The Morgan fingerprint density at radius 2 is 2.13 bits per heavy atom. The molecule has 0 unspecified atom stereocenters. The normalized spacial score (nSPS) is 11.9. The monoisotopic (exact) mass is 203 g/mol. The van der Waals surface area contributed by atoms with Gasteiger partial charge in [0.2, 0.25) is 0 Å². The molecule has 0 spiro atoms. The van der Waals surface area contributed by atoms with Gasteiger partial charge in [-0.15, -0.1) is 6.58 Å². The van der Waals surface area contributed by atoms with Crippen molar-refractivity contribution in [2.45, 2.75) is 19.4 Å². The molecule has 78 valence electrons. The lowest BCUT2D eigenvalue weighted by Gasteiger charge is -2.22. The number of hydrogen-bond acceptors (Lipinski definition) is 4. The van der Waals surface area contributed by atoms with Crippen LogP contribution in [0, 0.1) is 0 Å². The molecular weight excluding hydrogens is 190 g/mol. The minimum Gasteiger partial charge on any atom is -0.382 e. The van der Waals surface area contributed by atoms with Crippen LogP contribution in [0.4, 0.5) is 5.82 Å². The first-order chi connectivity index (χ1) is 7.06. The summed E-state index contributed by atoms with van der Waals surface area (Å²) >= 11 is 0. The number of imidazole rings is 1. The molecule has 0 aromatic carbocycles. The zero-order valence-corrected chi connectivity index (χ0v) is 8.81. The highest BCUT2D eigenvalue weighted by Gasteiger charge is 2.19. The predicted octanol–water partition coefficient (Wildman–Crippen LogP) is 1.33. The van der Waals surface area contributed by atoms with E-state index in [2.05, 4.69) is 21.5 Å². The average molecular weight is 203 g/mol. The molecule has 0 fully saturated rings. The fraction of sp³-hybridized carbons (Fsp3) is 0.300. The molecule has 2 heterocycles. The minimum atomic E-state index is -0.241. The van der Waals surface area contributed by atoms with E-state index in [-0.39, 0.29) is 5.54 Å². The molecule has 15 heavy (non-hydrogen) atoms. The van der Waals surface area contributed by atoms with Gasteiger partial charge in [-0.2, -0.15) is 0 Å². The first-order valence-corrected chi connectivity index (χ1v) is 4.64. The van der Waals surface area contributed by atoms with E-state index in [1.807, 2.05) is 24.5 Å². The van der Waals surface area contributed by atoms with Crippen molar-refractivity contribution in [3.8, 4) is 0 Å². The number of rotatable bonds is 2. The lowest BCUT2D eigenvalue weighted by Crippen LogP contribution is -2.22. The van der Waals surface area contributed by atoms with E-state index in [4.69, 9.17) is 5.73 Å². The lowest BCUT2D eigenvalue weighted by atomic mass is 10.1. The first kappa shape index (κ1) is 9.64. The van der Waals surface area contributed by atoms with Gasteiger partial charge in [-0.3, -0.25) is 0 Å². The fourth-order valence-electron chi connectivity index (χ4n) is 1.37. The zero-order valence-electron chi connectivity index (χ0n) is 8.81. The summed E-state index contributed by atoms with van der Waals surface area (Å²) in [5.41, 5.74) is 6.82. The highest BCUT2D eigenvalue weighted by atomic mass is 15.2. The number of aromatic nitrogens is 4. The standard InChI is InChI=1S/C10H13N5/c1-4-10(2,3)15-6-14-7-8(11)12-5-13-9(7)15/h4-6H,1H2,2-3H3,(H2,11,12,13). The van der Waals surface area contributed by atoms with Crippen molar-refractivity contribution >= 4 is 17.0 Å². The first-order valence-electron chi connectivity index (χ1n) is 4.64. The molecule has 0 aliphatic carbocycles. The number of anilines is 1. The summed E-state index contributed by atoms with van der Waals surface area (Å²) in [6, 6.07) is 0. The highest BCUT2D eigenvalue weighted by molar-refractivity contribution is 5.81. The van der Waals surface area contributed by atoms with Crippen LogP contribution < -0.4 is 5.73 Å². The van der Waals surface area contributed by atoms with Crippen LogP contribution in [0.3, 0.4) is 0 Å². The summed E-state index contributed by atoms with van der Waals surface area (Å²) < 4.78 is 1.92. The van der Waals surface area contributed by atoms with Gasteiger partial charge in [0, 0.05) is 0 Å². The summed E-state index contributed by atoms with van der Waals surface area (Å²) in [6.45, 7) is 7.85. The van der Waals surface area contributed by atoms with Gasteiger partial charge < -0.3 is 10.3 Å². The Morgan fingerprint density at radius 1 is 1.40 bits per heavy atom. The molecule has 2 rings (SSSR count). The smallest absolute Gasteiger partial charge is 0.166 e. The molecule has 0 aliphatic heterocycles. The summed E-state index contributed by atoms with van der Waals surface area (Å²) in [7, 11) is 0. The van der Waals surface area contributed by atoms with Gasteiger partial charge in [0.1, 0.15) is 11.8 Å². The van der Waals surface area contributed by atoms with E-state index >= 15 is 0 Å². The fourth-order valence-corrected chi connectivity index (χ4v) is 1.37. The van der Waals surface area contributed by atoms with Gasteiger partial charge in [-0.1, -0.05) is 6.08 Å². The highest BCUT2D eigenvalue weighted by Crippen LogP contribution is 2.23. The molecular formula is C10H13N5. The van der Waals surface area contributed by atoms with Gasteiger partial charge in [-0.25, -0.2) is 15.0 Å². The second-order valence-corrected chi connectivity index (χ2v) is 3.90. The van der Waals surface area contributed by atoms with Crippen LogP contribution in [0.25, 0.3) is 11.2 Å². The maximum Gasteiger partial charge on any atom is 0.166 e. The number of fused-ring (bicyclic) bond motifs is 1. The van der Waals surface area contributed by atoms with Crippen molar-refractivity contribution in [1.29, 1.82) is 0 Å². The number of nitrogens with zero attached hydrogens (tertiary/aromatic N) is 4. The van der Waals surface area contributed by atoms with Crippen LogP contribution in [0.5, 0.6) is 0 Å². The van der Waals surface area contributed by atoms with E-state index in [0.29, 0.717) is 11.3 Å². The number of nitrogen functional groups attached to an aromatic ring is 1. The van der Waals surface area contributed by atoms with Crippen molar-refractivity contribution in [1.82, 2.24) is 19.5 Å². The quantitative estimate of drug-likeness (QED) is 0.747. The van der Waals surface area contributed by atoms with Gasteiger partial charge in [0.25, 0.3) is 0 Å². The molecule has 2 aromatic heterocycles. The Balaban J connectivity index is 2.74. The van der Waals surface area contributed by atoms with Crippen LogP contribution in [-0.4, -0.2) is 19.5 Å². The van der Waals surface area contributed by atoms with E-state index in [1.54, 1.807) is 6.33 Å². The van der Waals surface area contributed by atoms with E-state index < -0.39 is 0 Å². The number of hydrogen-bond donors (Lipinski definition) is 1. The molecule has 0 radical (unpaired) electrons. The average Bonchev–Trinajstić information content (AvgIpc) is 2.63. The van der Waals surface area contributed by atoms with Crippen LogP contribution in [-0.2, 0) is 5.54 Å². The molecule has 0 atom stereocenters. The molecule has 2 N–H and O–H groups in total. The van der Waals surface area contributed by atoms with E-state index in [0.717, 1.165) is 5.65 Å². The van der Waals surface area contributed by atoms with Crippen molar-refractivity contribution in [2.75, 3.05) is 5.73 Å². The largest absolute Gasteiger partial charge is 0.382 e. The van der Waals surface area contributed by atoms with Crippen LogP contribution in [0.1, 0.15) is 13.8 Å². The summed E-state index contributed by atoms with van der Waals surface area (Å²) in [5.74, 6) is 0.401. The Labute approximate surface area is 87.7 Å².